The van der Waals surface area contributed by atoms with Crippen LogP contribution in [-0.2, 0) is 6.54 Å². The van der Waals surface area contributed by atoms with Gasteiger partial charge >= 0.3 is 0 Å². The van der Waals surface area contributed by atoms with Gasteiger partial charge in [-0.15, -0.1) is 0 Å². The molecule has 2 aromatic rings. The maximum absolute atomic E-state index is 8.75. The highest BCUT2D eigenvalue weighted by atomic mass is 16.3. The van der Waals surface area contributed by atoms with E-state index in [9.17, 15) is 0 Å². The molecule has 0 unspecified atom stereocenters. The van der Waals surface area contributed by atoms with Crippen LogP contribution < -0.4 is 16.4 Å². The molecule has 6 heteroatoms. The molecule has 0 amide bonds. The number of nitrogens with two attached hydrogens (primary N) is 1. The molecular formula is C13H17N5O. The number of hydrogen-bond donors (Lipinski definition) is 4. The van der Waals surface area contributed by atoms with E-state index in [0.717, 1.165) is 5.56 Å². The summed E-state index contributed by atoms with van der Waals surface area (Å²) in [6, 6.07) is 11.7. The molecule has 0 spiro atoms. The van der Waals surface area contributed by atoms with Gasteiger partial charge in [-0.25, -0.2) is 0 Å². The number of nitrogens with one attached hydrogen (secondary N) is 2. The molecule has 0 aliphatic carbocycles. The Balaban J connectivity index is 2.01. The van der Waals surface area contributed by atoms with E-state index >= 15 is 0 Å². The van der Waals surface area contributed by atoms with Gasteiger partial charge in [0, 0.05) is 19.2 Å². The van der Waals surface area contributed by atoms with Crippen LogP contribution >= 0.6 is 0 Å². The van der Waals surface area contributed by atoms with Gasteiger partial charge in [0.25, 0.3) is 0 Å². The number of anilines is 3. The van der Waals surface area contributed by atoms with Crippen molar-refractivity contribution in [2.24, 2.45) is 0 Å². The van der Waals surface area contributed by atoms with Crippen molar-refractivity contribution in [2.45, 2.75) is 6.54 Å². The molecule has 0 saturated heterocycles. The fourth-order valence-corrected chi connectivity index (χ4v) is 1.59. The first-order chi connectivity index (χ1) is 9.28. The number of nitrogen functional groups attached to an aromatic ring is 1. The summed E-state index contributed by atoms with van der Waals surface area (Å²) in [4.78, 5) is 8.29. The molecule has 1 heterocycles. The first-order valence-electron chi connectivity index (χ1n) is 6.05. The second-order valence-electron chi connectivity index (χ2n) is 3.99. The third-order valence-electron chi connectivity index (χ3n) is 2.46. The molecule has 0 radical (unpaired) electrons. The summed E-state index contributed by atoms with van der Waals surface area (Å²) in [5, 5.41) is 14.8. The van der Waals surface area contributed by atoms with Gasteiger partial charge in [0.2, 0.25) is 5.95 Å². The minimum atomic E-state index is 0.0188. The molecule has 0 aliphatic rings. The lowest BCUT2D eigenvalue weighted by Gasteiger charge is -2.09. The molecule has 0 fully saturated rings. The van der Waals surface area contributed by atoms with Crippen LogP contribution in [-0.4, -0.2) is 28.2 Å². The van der Waals surface area contributed by atoms with Gasteiger partial charge in [-0.3, -0.25) is 0 Å². The van der Waals surface area contributed by atoms with Crippen LogP contribution in [0.3, 0.4) is 0 Å². The Morgan fingerprint density at radius 3 is 2.63 bits per heavy atom. The van der Waals surface area contributed by atoms with E-state index in [-0.39, 0.29) is 6.61 Å². The minimum absolute atomic E-state index is 0.0188. The van der Waals surface area contributed by atoms with Crippen LogP contribution in [0.1, 0.15) is 5.56 Å². The van der Waals surface area contributed by atoms with E-state index < -0.39 is 0 Å². The molecule has 0 bridgehead atoms. The molecule has 6 nitrogen and oxygen atoms in total. The molecule has 0 saturated carbocycles. The Kier molecular flexibility index (Phi) is 4.52. The average molecular weight is 259 g/mol. The van der Waals surface area contributed by atoms with Crippen molar-refractivity contribution < 1.29 is 5.11 Å². The quantitative estimate of drug-likeness (QED) is 0.620. The van der Waals surface area contributed by atoms with E-state index in [2.05, 4.69) is 20.6 Å². The van der Waals surface area contributed by atoms with Gasteiger partial charge in [-0.2, -0.15) is 9.97 Å². The maximum atomic E-state index is 8.75. The fourth-order valence-electron chi connectivity index (χ4n) is 1.59. The highest BCUT2D eigenvalue weighted by molar-refractivity contribution is 5.50. The molecule has 0 atom stereocenters. The smallest absolute Gasteiger partial charge is 0.226 e. The molecule has 0 aliphatic heterocycles. The summed E-state index contributed by atoms with van der Waals surface area (Å²) in [6.07, 6.45) is 0. The van der Waals surface area contributed by atoms with Crippen LogP contribution in [0.5, 0.6) is 0 Å². The Bertz CT molecular complexity index is 518. The molecule has 1 aromatic carbocycles. The normalized spacial score (nSPS) is 10.2. The molecule has 100 valence electrons. The Hall–Kier alpha value is -2.34. The van der Waals surface area contributed by atoms with E-state index in [1.165, 1.54) is 0 Å². The summed E-state index contributed by atoms with van der Waals surface area (Å²) >= 11 is 0. The number of benzene rings is 1. The van der Waals surface area contributed by atoms with E-state index in [1.54, 1.807) is 6.07 Å². The summed E-state index contributed by atoms with van der Waals surface area (Å²) in [7, 11) is 0. The maximum Gasteiger partial charge on any atom is 0.226 e. The first-order valence-corrected chi connectivity index (χ1v) is 6.05. The molecule has 2 rings (SSSR count). The second-order valence-corrected chi connectivity index (χ2v) is 3.99. The van der Waals surface area contributed by atoms with E-state index in [1.807, 2.05) is 30.3 Å². The van der Waals surface area contributed by atoms with Gasteiger partial charge in [-0.05, 0) is 5.56 Å². The predicted octanol–water partition coefficient (Wildman–Crippen LogP) is 1.08. The number of aliphatic hydroxyl groups excluding tert-OH is 1. The zero-order valence-electron chi connectivity index (χ0n) is 10.5. The third kappa shape index (κ3) is 4.11. The van der Waals surface area contributed by atoms with Crippen LogP contribution in [0, 0.1) is 0 Å². The van der Waals surface area contributed by atoms with Gasteiger partial charge < -0.3 is 21.5 Å². The van der Waals surface area contributed by atoms with Crippen molar-refractivity contribution in [1.82, 2.24) is 9.97 Å². The molecule has 5 N–H and O–H groups in total. The van der Waals surface area contributed by atoms with E-state index in [0.29, 0.717) is 30.7 Å². The summed E-state index contributed by atoms with van der Waals surface area (Å²) < 4.78 is 0. The van der Waals surface area contributed by atoms with Crippen molar-refractivity contribution in [3.8, 4) is 0 Å². The highest BCUT2D eigenvalue weighted by Gasteiger charge is 2.02. The molecular weight excluding hydrogens is 242 g/mol. The van der Waals surface area contributed by atoms with Gasteiger partial charge in [0.05, 0.1) is 6.61 Å². The van der Waals surface area contributed by atoms with Crippen molar-refractivity contribution in [1.29, 1.82) is 0 Å². The zero-order valence-corrected chi connectivity index (χ0v) is 10.5. The fraction of sp³-hybridized carbons (Fsp3) is 0.231. The van der Waals surface area contributed by atoms with Crippen molar-refractivity contribution in [3.63, 3.8) is 0 Å². The second kappa shape index (κ2) is 6.55. The van der Waals surface area contributed by atoms with Crippen LogP contribution in [0.4, 0.5) is 17.6 Å². The lowest BCUT2D eigenvalue weighted by atomic mass is 10.2. The highest BCUT2D eigenvalue weighted by Crippen LogP contribution is 2.12. The van der Waals surface area contributed by atoms with Crippen LogP contribution in [0.25, 0.3) is 0 Å². The first kappa shape index (κ1) is 13.1. The van der Waals surface area contributed by atoms with E-state index in [4.69, 9.17) is 10.8 Å². The Morgan fingerprint density at radius 2 is 1.89 bits per heavy atom. The molecule has 1 aromatic heterocycles. The monoisotopic (exact) mass is 259 g/mol. The summed E-state index contributed by atoms with van der Waals surface area (Å²) in [5.74, 6) is 1.44. The number of aliphatic hydroxyl groups is 1. The third-order valence-corrected chi connectivity index (χ3v) is 2.46. The van der Waals surface area contributed by atoms with Crippen molar-refractivity contribution >= 4 is 17.6 Å². The Labute approximate surface area is 111 Å². The number of hydrogen-bond acceptors (Lipinski definition) is 6. The lowest BCUT2D eigenvalue weighted by Crippen LogP contribution is -2.11. The SMILES string of the molecule is Nc1cc(NCc2ccccc2)nc(NCCO)n1. The number of aromatic nitrogens is 2. The Morgan fingerprint density at radius 1 is 1.11 bits per heavy atom. The van der Waals surface area contributed by atoms with Gasteiger partial charge in [0.1, 0.15) is 11.6 Å². The number of nitrogens with zero attached hydrogens (tertiary/aromatic N) is 2. The summed E-state index contributed by atoms with van der Waals surface area (Å²) in [5.41, 5.74) is 6.86. The van der Waals surface area contributed by atoms with Gasteiger partial charge in [0.15, 0.2) is 0 Å². The van der Waals surface area contributed by atoms with Gasteiger partial charge in [-0.1, -0.05) is 30.3 Å². The van der Waals surface area contributed by atoms with Crippen molar-refractivity contribution in [3.05, 3.63) is 42.0 Å². The number of rotatable bonds is 6. The largest absolute Gasteiger partial charge is 0.395 e. The topological polar surface area (TPSA) is 96.1 Å². The average Bonchev–Trinajstić information content (AvgIpc) is 2.43. The zero-order chi connectivity index (χ0) is 13.5. The minimum Gasteiger partial charge on any atom is -0.395 e. The standard InChI is InChI=1S/C13H17N5O/c14-11-8-12(18-13(17-11)15-6-7-19)16-9-10-4-2-1-3-5-10/h1-5,8,19H,6-7,9H2,(H4,14,15,16,17,18). The molecule has 19 heavy (non-hydrogen) atoms. The summed E-state index contributed by atoms with van der Waals surface area (Å²) in [6.45, 7) is 1.07. The van der Waals surface area contributed by atoms with Crippen molar-refractivity contribution in [2.75, 3.05) is 29.5 Å². The van der Waals surface area contributed by atoms with Crippen LogP contribution in [0.15, 0.2) is 36.4 Å². The lowest BCUT2D eigenvalue weighted by molar-refractivity contribution is 0.311. The predicted molar refractivity (Wildman–Crippen MR) is 75.8 cm³/mol. The van der Waals surface area contributed by atoms with Crippen LogP contribution in [0.2, 0.25) is 0 Å².